The summed E-state index contributed by atoms with van der Waals surface area (Å²) < 4.78 is 0. The molecule has 1 aromatic rings. The molecule has 0 spiro atoms. The summed E-state index contributed by atoms with van der Waals surface area (Å²) in [7, 11) is 0. The number of benzene rings is 1. The molecule has 1 fully saturated rings. The fourth-order valence-electron chi connectivity index (χ4n) is 2.96. The minimum atomic E-state index is -0.352. The molecule has 0 atom stereocenters. The van der Waals surface area contributed by atoms with Crippen molar-refractivity contribution < 1.29 is 4.79 Å². The van der Waals surface area contributed by atoms with Gasteiger partial charge in [-0.1, -0.05) is 37.0 Å². The van der Waals surface area contributed by atoms with Crippen LogP contribution < -0.4 is 11.1 Å². The maximum Gasteiger partial charge on any atom is 0.231 e. The zero-order chi connectivity index (χ0) is 13.9. The Morgan fingerprint density at radius 3 is 2.53 bits per heavy atom. The normalized spacial score (nSPS) is 18.1. The third-order valence-electron chi connectivity index (χ3n) is 4.31. The number of nitrogens with one attached hydrogen (secondary N) is 1. The van der Waals surface area contributed by atoms with Gasteiger partial charge in [0.05, 0.1) is 5.41 Å². The van der Waals surface area contributed by atoms with Crippen molar-refractivity contribution in [2.45, 2.75) is 46.0 Å². The van der Waals surface area contributed by atoms with Gasteiger partial charge in [-0.05, 0) is 38.3 Å². The molecule has 0 heterocycles. The molecule has 1 amide bonds. The Kier molecular flexibility index (Phi) is 4.25. The van der Waals surface area contributed by atoms with Gasteiger partial charge in [-0.2, -0.15) is 0 Å². The molecule has 0 aromatic heterocycles. The second-order valence-corrected chi connectivity index (χ2v) is 5.82. The maximum absolute atomic E-state index is 12.6. The molecule has 1 saturated carbocycles. The van der Waals surface area contributed by atoms with Gasteiger partial charge in [0.15, 0.2) is 0 Å². The summed E-state index contributed by atoms with van der Waals surface area (Å²) in [6.07, 6.45) is 5.27. The predicted molar refractivity (Wildman–Crippen MR) is 79.1 cm³/mol. The van der Waals surface area contributed by atoms with Gasteiger partial charge in [-0.25, -0.2) is 0 Å². The van der Waals surface area contributed by atoms with E-state index in [4.69, 9.17) is 5.73 Å². The quantitative estimate of drug-likeness (QED) is 0.877. The number of carbonyl (C=O) groups excluding carboxylic acids is 1. The third-order valence-corrected chi connectivity index (χ3v) is 4.31. The number of amides is 1. The number of anilines is 1. The fourth-order valence-corrected chi connectivity index (χ4v) is 2.96. The lowest BCUT2D eigenvalue weighted by atomic mass is 9.73. The van der Waals surface area contributed by atoms with Crippen molar-refractivity contribution in [3.8, 4) is 0 Å². The van der Waals surface area contributed by atoms with Crippen molar-refractivity contribution >= 4 is 11.6 Å². The lowest BCUT2D eigenvalue weighted by molar-refractivity contribution is -0.126. The van der Waals surface area contributed by atoms with Crippen molar-refractivity contribution in [2.24, 2.45) is 11.1 Å². The first-order valence-corrected chi connectivity index (χ1v) is 7.16. The van der Waals surface area contributed by atoms with Crippen LogP contribution in [-0.2, 0) is 4.79 Å². The number of carbonyl (C=O) groups is 1. The molecule has 19 heavy (non-hydrogen) atoms. The number of hydrogen-bond acceptors (Lipinski definition) is 2. The van der Waals surface area contributed by atoms with E-state index in [9.17, 15) is 4.79 Å². The second kappa shape index (κ2) is 5.74. The van der Waals surface area contributed by atoms with Crippen LogP contribution in [-0.4, -0.2) is 12.5 Å². The van der Waals surface area contributed by atoms with E-state index in [0.29, 0.717) is 6.54 Å². The highest BCUT2D eigenvalue weighted by Gasteiger charge is 2.38. The Morgan fingerprint density at radius 2 is 1.95 bits per heavy atom. The summed E-state index contributed by atoms with van der Waals surface area (Å²) in [6.45, 7) is 4.53. The van der Waals surface area contributed by atoms with Crippen LogP contribution in [0.1, 0.15) is 43.2 Å². The first-order chi connectivity index (χ1) is 9.07. The number of nitrogens with two attached hydrogens (primary N) is 1. The molecule has 1 aliphatic carbocycles. The van der Waals surface area contributed by atoms with Crippen LogP contribution in [0, 0.1) is 19.3 Å². The summed E-state index contributed by atoms with van der Waals surface area (Å²) in [5.41, 5.74) is 8.77. The molecule has 0 radical (unpaired) electrons. The van der Waals surface area contributed by atoms with E-state index in [-0.39, 0.29) is 11.3 Å². The van der Waals surface area contributed by atoms with Gasteiger partial charge in [-0.3, -0.25) is 4.79 Å². The highest BCUT2D eigenvalue weighted by atomic mass is 16.2. The van der Waals surface area contributed by atoms with Gasteiger partial charge in [0, 0.05) is 12.2 Å². The standard InChI is InChI=1S/C16H24N2O/c1-12-6-7-14(13(2)10-12)18-15(19)16(11-17)8-4-3-5-9-16/h6-7,10H,3-5,8-9,11,17H2,1-2H3,(H,18,19). The molecular weight excluding hydrogens is 236 g/mol. The zero-order valence-corrected chi connectivity index (χ0v) is 12.0. The molecule has 0 saturated heterocycles. The fraction of sp³-hybridized carbons (Fsp3) is 0.562. The molecule has 0 unspecified atom stereocenters. The van der Waals surface area contributed by atoms with Crippen LogP contribution in [0.25, 0.3) is 0 Å². The van der Waals surface area contributed by atoms with Crippen LogP contribution in [0.2, 0.25) is 0 Å². The Hall–Kier alpha value is -1.35. The lowest BCUT2D eigenvalue weighted by Gasteiger charge is -2.34. The van der Waals surface area contributed by atoms with E-state index in [1.54, 1.807) is 0 Å². The van der Waals surface area contributed by atoms with E-state index >= 15 is 0 Å². The van der Waals surface area contributed by atoms with Crippen LogP contribution in [0.15, 0.2) is 18.2 Å². The summed E-state index contributed by atoms with van der Waals surface area (Å²) in [5.74, 6) is 0.0988. The van der Waals surface area contributed by atoms with Gasteiger partial charge < -0.3 is 11.1 Å². The molecule has 1 aromatic carbocycles. The lowest BCUT2D eigenvalue weighted by Crippen LogP contribution is -2.43. The van der Waals surface area contributed by atoms with Crippen molar-refractivity contribution in [3.63, 3.8) is 0 Å². The molecule has 1 aliphatic rings. The minimum Gasteiger partial charge on any atom is -0.329 e. The van der Waals surface area contributed by atoms with E-state index in [2.05, 4.69) is 18.3 Å². The van der Waals surface area contributed by atoms with E-state index in [0.717, 1.165) is 36.9 Å². The minimum absolute atomic E-state index is 0.0988. The highest BCUT2D eigenvalue weighted by Crippen LogP contribution is 2.36. The molecule has 3 heteroatoms. The Labute approximate surface area is 115 Å². The number of aryl methyl sites for hydroxylation is 2. The van der Waals surface area contributed by atoms with Crippen molar-refractivity contribution in [2.75, 3.05) is 11.9 Å². The van der Waals surface area contributed by atoms with Crippen LogP contribution in [0.4, 0.5) is 5.69 Å². The summed E-state index contributed by atoms with van der Waals surface area (Å²) in [5, 5.41) is 3.08. The average molecular weight is 260 g/mol. The Morgan fingerprint density at radius 1 is 1.26 bits per heavy atom. The van der Waals surface area contributed by atoms with E-state index in [1.165, 1.54) is 12.0 Å². The SMILES string of the molecule is Cc1ccc(NC(=O)C2(CN)CCCCC2)c(C)c1. The van der Waals surface area contributed by atoms with Crippen molar-refractivity contribution in [1.82, 2.24) is 0 Å². The molecule has 0 aliphatic heterocycles. The van der Waals surface area contributed by atoms with Gasteiger partial charge >= 0.3 is 0 Å². The monoisotopic (exact) mass is 260 g/mol. The first kappa shape index (κ1) is 14.1. The topological polar surface area (TPSA) is 55.1 Å². The van der Waals surface area contributed by atoms with Crippen LogP contribution in [0.5, 0.6) is 0 Å². The molecular formula is C16H24N2O. The van der Waals surface area contributed by atoms with Gasteiger partial charge in [0.25, 0.3) is 0 Å². The summed E-state index contributed by atoms with van der Waals surface area (Å²) >= 11 is 0. The first-order valence-electron chi connectivity index (χ1n) is 7.16. The van der Waals surface area contributed by atoms with Gasteiger partial charge in [-0.15, -0.1) is 0 Å². The highest BCUT2D eigenvalue weighted by molar-refractivity contribution is 5.96. The maximum atomic E-state index is 12.6. The van der Waals surface area contributed by atoms with Crippen LogP contribution >= 0.6 is 0 Å². The molecule has 3 nitrogen and oxygen atoms in total. The molecule has 104 valence electrons. The van der Waals surface area contributed by atoms with Crippen molar-refractivity contribution in [3.05, 3.63) is 29.3 Å². The second-order valence-electron chi connectivity index (χ2n) is 5.82. The zero-order valence-electron chi connectivity index (χ0n) is 12.0. The average Bonchev–Trinajstić information content (AvgIpc) is 2.42. The van der Waals surface area contributed by atoms with E-state index < -0.39 is 0 Å². The number of rotatable bonds is 3. The Bertz CT molecular complexity index is 462. The molecule has 2 rings (SSSR count). The Balaban J connectivity index is 2.15. The summed E-state index contributed by atoms with van der Waals surface area (Å²) in [6, 6.07) is 6.10. The molecule has 0 bridgehead atoms. The predicted octanol–water partition coefficient (Wildman–Crippen LogP) is 3.15. The smallest absolute Gasteiger partial charge is 0.231 e. The third kappa shape index (κ3) is 2.98. The van der Waals surface area contributed by atoms with Gasteiger partial charge in [0.2, 0.25) is 5.91 Å². The molecule has 3 N–H and O–H groups in total. The van der Waals surface area contributed by atoms with E-state index in [1.807, 2.05) is 19.1 Å². The largest absolute Gasteiger partial charge is 0.329 e. The summed E-state index contributed by atoms with van der Waals surface area (Å²) in [4.78, 5) is 12.6. The van der Waals surface area contributed by atoms with Gasteiger partial charge in [0.1, 0.15) is 0 Å². The van der Waals surface area contributed by atoms with Crippen LogP contribution in [0.3, 0.4) is 0 Å². The van der Waals surface area contributed by atoms with Crippen molar-refractivity contribution in [1.29, 1.82) is 0 Å². The number of hydrogen-bond donors (Lipinski definition) is 2.